The van der Waals surface area contributed by atoms with Crippen LogP contribution in [0.4, 0.5) is 0 Å². The summed E-state index contributed by atoms with van der Waals surface area (Å²) in [7, 11) is 3.80. The molecule has 4 N–H and O–H groups in total. The molecule has 0 aromatic carbocycles. The van der Waals surface area contributed by atoms with Crippen LogP contribution in [0.25, 0.3) is 0 Å². The van der Waals surface area contributed by atoms with Gasteiger partial charge in [-0.2, -0.15) is 0 Å². The average molecular weight is 174 g/mol. The second-order valence-electron chi connectivity index (χ2n) is 2.77. The zero-order valence-corrected chi connectivity index (χ0v) is 8.24. The summed E-state index contributed by atoms with van der Waals surface area (Å²) in [5.74, 6) is 0. The molecule has 0 amide bonds. The van der Waals surface area contributed by atoms with Crippen molar-refractivity contribution in [3.63, 3.8) is 0 Å². The molecule has 0 radical (unpaired) electrons. The van der Waals surface area contributed by atoms with Crippen LogP contribution in [-0.2, 0) is 0 Å². The van der Waals surface area contributed by atoms with Gasteiger partial charge in [0.2, 0.25) is 0 Å². The SMILES string of the molecule is CNNCCCCCCNNC. The summed E-state index contributed by atoms with van der Waals surface area (Å²) < 4.78 is 0. The van der Waals surface area contributed by atoms with Gasteiger partial charge >= 0.3 is 0 Å². The number of nitrogens with one attached hydrogen (secondary N) is 4. The Balaban J connectivity index is 2.73. The van der Waals surface area contributed by atoms with E-state index in [2.05, 4.69) is 21.7 Å². The molecule has 0 bridgehead atoms. The monoisotopic (exact) mass is 174 g/mol. The minimum Gasteiger partial charge on any atom is -0.261 e. The van der Waals surface area contributed by atoms with Gasteiger partial charge in [-0.15, -0.1) is 0 Å². The van der Waals surface area contributed by atoms with Crippen molar-refractivity contribution in [2.75, 3.05) is 27.2 Å². The van der Waals surface area contributed by atoms with Gasteiger partial charge in [0.05, 0.1) is 0 Å². The van der Waals surface area contributed by atoms with E-state index in [0.717, 1.165) is 13.1 Å². The van der Waals surface area contributed by atoms with Gasteiger partial charge in [0.1, 0.15) is 0 Å². The van der Waals surface area contributed by atoms with E-state index < -0.39 is 0 Å². The van der Waals surface area contributed by atoms with E-state index in [1.807, 2.05) is 14.1 Å². The van der Waals surface area contributed by atoms with Gasteiger partial charge < -0.3 is 0 Å². The number of rotatable bonds is 9. The molecule has 0 spiro atoms. The van der Waals surface area contributed by atoms with E-state index in [1.165, 1.54) is 25.7 Å². The van der Waals surface area contributed by atoms with E-state index in [1.54, 1.807) is 0 Å². The third-order valence-corrected chi connectivity index (χ3v) is 1.71. The Morgan fingerprint density at radius 3 is 1.42 bits per heavy atom. The highest BCUT2D eigenvalue weighted by Gasteiger charge is 1.88. The Morgan fingerprint density at radius 1 is 0.667 bits per heavy atom. The van der Waals surface area contributed by atoms with E-state index in [9.17, 15) is 0 Å². The standard InChI is InChI=1S/C8H22N4/c1-9-11-7-5-3-4-6-8-12-10-2/h9-12H,3-8H2,1-2H3. The largest absolute Gasteiger partial charge is 0.261 e. The molecule has 0 aliphatic heterocycles. The Hall–Kier alpha value is -0.160. The van der Waals surface area contributed by atoms with Gasteiger partial charge in [-0.05, 0) is 26.9 Å². The van der Waals surface area contributed by atoms with E-state index in [-0.39, 0.29) is 0 Å². The average Bonchev–Trinajstić information content (AvgIpc) is 2.10. The Morgan fingerprint density at radius 2 is 1.08 bits per heavy atom. The van der Waals surface area contributed by atoms with Crippen LogP contribution in [0.5, 0.6) is 0 Å². The van der Waals surface area contributed by atoms with E-state index in [4.69, 9.17) is 0 Å². The molecule has 0 saturated heterocycles. The summed E-state index contributed by atoms with van der Waals surface area (Å²) in [6.07, 6.45) is 5.11. The van der Waals surface area contributed by atoms with E-state index in [0.29, 0.717) is 0 Å². The molecule has 0 unspecified atom stereocenters. The highest BCUT2D eigenvalue weighted by atomic mass is 15.3. The molecule has 0 rings (SSSR count). The van der Waals surface area contributed by atoms with Gasteiger partial charge in [-0.1, -0.05) is 12.8 Å². The van der Waals surface area contributed by atoms with Crippen molar-refractivity contribution < 1.29 is 0 Å². The van der Waals surface area contributed by atoms with Gasteiger partial charge in [0.25, 0.3) is 0 Å². The topological polar surface area (TPSA) is 48.1 Å². The van der Waals surface area contributed by atoms with Crippen LogP contribution < -0.4 is 21.7 Å². The molecule has 0 fully saturated rings. The predicted molar refractivity (Wildman–Crippen MR) is 52.6 cm³/mol. The fourth-order valence-electron chi connectivity index (χ4n) is 1.03. The first-order valence-electron chi connectivity index (χ1n) is 4.71. The van der Waals surface area contributed by atoms with Gasteiger partial charge in [-0.25, -0.2) is 0 Å². The Labute approximate surface area is 75.4 Å². The smallest absolute Gasteiger partial charge is 0.00996 e. The van der Waals surface area contributed by atoms with Gasteiger partial charge in [0.15, 0.2) is 0 Å². The lowest BCUT2D eigenvalue weighted by atomic mass is 10.2. The quantitative estimate of drug-likeness (QED) is 0.293. The van der Waals surface area contributed by atoms with Crippen molar-refractivity contribution in [3.05, 3.63) is 0 Å². The molecular formula is C8H22N4. The summed E-state index contributed by atoms with van der Waals surface area (Å²) >= 11 is 0. The normalized spacial score (nSPS) is 10.5. The molecule has 4 heteroatoms. The van der Waals surface area contributed by atoms with Crippen molar-refractivity contribution in [2.45, 2.75) is 25.7 Å². The zero-order valence-electron chi connectivity index (χ0n) is 8.24. The first-order chi connectivity index (χ1) is 5.91. The third-order valence-electron chi connectivity index (χ3n) is 1.71. The van der Waals surface area contributed by atoms with Crippen LogP contribution in [0.15, 0.2) is 0 Å². The van der Waals surface area contributed by atoms with Crippen molar-refractivity contribution in [1.29, 1.82) is 0 Å². The molecule has 0 aromatic rings. The van der Waals surface area contributed by atoms with Crippen LogP contribution in [0, 0.1) is 0 Å². The zero-order chi connectivity index (χ0) is 9.07. The fraction of sp³-hybridized carbons (Fsp3) is 1.00. The molecule has 0 aliphatic rings. The van der Waals surface area contributed by atoms with Crippen molar-refractivity contribution in [3.8, 4) is 0 Å². The predicted octanol–water partition coefficient (Wildman–Crippen LogP) is -0.00520. The number of hydrogen-bond acceptors (Lipinski definition) is 4. The van der Waals surface area contributed by atoms with Crippen LogP contribution in [0.2, 0.25) is 0 Å². The van der Waals surface area contributed by atoms with Crippen molar-refractivity contribution in [2.24, 2.45) is 0 Å². The molecule has 0 heterocycles. The maximum atomic E-state index is 3.07. The third kappa shape index (κ3) is 9.84. The van der Waals surface area contributed by atoms with Crippen LogP contribution >= 0.6 is 0 Å². The molecular weight excluding hydrogens is 152 g/mol. The van der Waals surface area contributed by atoms with Crippen LogP contribution in [0.1, 0.15) is 25.7 Å². The summed E-state index contributed by atoms with van der Waals surface area (Å²) in [4.78, 5) is 0. The molecule has 4 nitrogen and oxygen atoms in total. The summed E-state index contributed by atoms with van der Waals surface area (Å²) in [6.45, 7) is 2.13. The second-order valence-corrected chi connectivity index (χ2v) is 2.77. The molecule has 0 atom stereocenters. The van der Waals surface area contributed by atoms with Crippen LogP contribution in [-0.4, -0.2) is 27.2 Å². The second kappa shape index (κ2) is 10.8. The number of hydrogen-bond donors (Lipinski definition) is 4. The van der Waals surface area contributed by atoms with Crippen molar-refractivity contribution in [1.82, 2.24) is 21.7 Å². The van der Waals surface area contributed by atoms with Gasteiger partial charge in [-0.3, -0.25) is 21.7 Å². The maximum absolute atomic E-state index is 3.07. The fourth-order valence-corrected chi connectivity index (χ4v) is 1.03. The van der Waals surface area contributed by atoms with E-state index >= 15 is 0 Å². The summed E-state index contributed by atoms with van der Waals surface area (Å²) in [6, 6.07) is 0. The highest BCUT2D eigenvalue weighted by Crippen LogP contribution is 1.96. The highest BCUT2D eigenvalue weighted by molar-refractivity contribution is 4.46. The van der Waals surface area contributed by atoms with Crippen LogP contribution in [0.3, 0.4) is 0 Å². The molecule has 12 heavy (non-hydrogen) atoms. The Bertz CT molecular complexity index is 67.5. The minimum absolute atomic E-state index is 1.07. The van der Waals surface area contributed by atoms with Crippen molar-refractivity contribution >= 4 is 0 Å². The number of unbranched alkanes of at least 4 members (excludes halogenated alkanes) is 3. The first-order valence-corrected chi connectivity index (χ1v) is 4.71. The lowest BCUT2D eigenvalue weighted by molar-refractivity contribution is 0.518. The lowest BCUT2D eigenvalue weighted by Crippen LogP contribution is -2.29. The maximum Gasteiger partial charge on any atom is 0.00996 e. The number of hydrazine groups is 2. The molecule has 0 aliphatic carbocycles. The first kappa shape index (κ1) is 11.8. The minimum atomic E-state index is 1.07. The summed E-state index contributed by atoms with van der Waals surface area (Å²) in [5.41, 5.74) is 12.0. The molecule has 0 saturated carbocycles. The van der Waals surface area contributed by atoms with Gasteiger partial charge in [0, 0.05) is 13.1 Å². The lowest BCUT2D eigenvalue weighted by Gasteiger charge is -2.03. The molecule has 74 valence electrons. The Kier molecular flexibility index (Phi) is 10.7. The summed E-state index contributed by atoms with van der Waals surface area (Å²) in [5, 5.41) is 0. The molecule has 0 aromatic heterocycles.